The minimum Gasteiger partial charge on any atom is -0.870 e. The Bertz CT molecular complexity index is 203. The van der Waals surface area contributed by atoms with E-state index in [1.807, 2.05) is 0 Å². The molecule has 3 heteroatoms. The largest absolute Gasteiger partial charge is 0.870 e. The van der Waals surface area contributed by atoms with Crippen LogP contribution in [0.4, 0.5) is 0 Å². The summed E-state index contributed by atoms with van der Waals surface area (Å²) in [6, 6.07) is 0. The number of aliphatic hydroxyl groups is 1. The van der Waals surface area contributed by atoms with Gasteiger partial charge in [-0.15, -0.1) is 0 Å². The SMILES string of the molecule is CCCCCCCCCCCCCCCC[N+](C)(C)C.CCO.[OH-]. The number of hydrogen-bond acceptors (Lipinski definition) is 2. The summed E-state index contributed by atoms with van der Waals surface area (Å²) in [6.45, 7) is 5.56. The molecule has 0 aromatic rings. The van der Waals surface area contributed by atoms with Crippen LogP contribution in [0.5, 0.6) is 0 Å². The van der Waals surface area contributed by atoms with Crippen molar-refractivity contribution in [1.82, 2.24) is 0 Å². The van der Waals surface area contributed by atoms with E-state index in [1.165, 1.54) is 96.4 Å². The van der Waals surface area contributed by atoms with E-state index in [9.17, 15) is 0 Å². The second kappa shape index (κ2) is 22.9. The first kappa shape index (κ1) is 28.7. The van der Waals surface area contributed by atoms with Crippen molar-refractivity contribution in [3.05, 3.63) is 0 Å². The molecule has 0 radical (unpaired) electrons. The van der Waals surface area contributed by atoms with Crippen LogP contribution in [-0.4, -0.2) is 49.4 Å². The van der Waals surface area contributed by atoms with Crippen LogP contribution in [0.1, 0.15) is 104 Å². The zero-order chi connectivity index (χ0) is 17.8. The van der Waals surface area contributed by atoms with Gasteiger partial charge in [-0.25, -0.2) is 0 Å². The summed E-state index contributed by atoms with van der Waals surface area (Å²) in [5.74, 6) is 0. The first-order valence-electron chi connectivity index (χ1n) is 10.4. The van der Waals surface area contributed by atoms with Gasteiger partial charge in [0.15, 0.2) is 0 Å². The normalized spacial score (nSPS) is 10.8. The van der Waals surface area contributed by atoms with E-state index < -0.39 is 0 Å². The Labute approximate surface area is 153 Å². The molecule has 0 aliphatic heterocycles. The molecule has 0 aliphatic rings. The fourth-order valence-electron chi connectivity index (χ4n) is 2.78. The number of hydrogen-bond donors (Lipinski definition) is 1. The molecule has 0 aromatic heterocycles. The molecule has 0 bridgehead atoms. The Morgan fingerprint density at radius 2 is 0.792 bits per heavy atom. The summed E-state index contributed by atoms with van der Waals surface area (Å²) in [4.78, 5) is 0. The lowest BCUT2D eigenvalue weighted by atomic mass is 10.0. The highest BCUT2D eigenvalue weighted by Crippen LogP contribution is 2.13. The van der Waals surface area contributed by atoms with Crippen molar-refractivity contribution in [1.29, 1.82) is 0 Å². The molecule has 0 saturated heterocycles. The molecule has 0 amide bonds. The van der Waals surface area contributed by atoms with E-state index >= 15 is 0 Å². The number of unbranched alkanes of at least 4 members (excludes halogenated alkanes) is 13. The molecule has 150 valence electrons. The Kier molecular flexibility index (Phi) is 27.3. The Morgan fingerprint density at radius 1 is 0.542 bits per heavy atom. The van der Waals surface area contributed by atoms with Crippen molar-refractivity contribution in [2.75, 3.05) is 34.3 Å². The van der Waals surface area contributed by atoms with Crippen LogP contribution in [-0.2, 0) is 0 Å². The summed E-state index contributed by atoms with van der Waals surface area (Å²) < 4.78 is 1.12. The molecule has 0 saturated carbocycles. The van der Waals surface area contributed by atoms with Crippen molar-refractivity contribution in [3.63, 3.8) is 0 Å². The first-order valence-corrected chi connectivity index (χ1v) is 10.4. The van der Waals surface area contributed by atoms with Crippen molar-refractivity contribution < 1.29 is 15.1 Å². The highest BCUT2D eigenvalue weighted by molar-refractivity contribution is 4.49. The van der Waals surface area contributed by atoms with E-state index in [1.54, 1.807) is 6.92 Å². The molecular formula is C21H49NO2. The minimum absolute atomic E-state index is 0. The Balaban J connectivity index is -0.00000102. The van der Waals surface area contributed by atoms with Crippen LogP contribution in [0.3, 0.4) is 0 Å². The summed E-state index contributed by atoms with van der Waals surface area (Å²) in [7, 11) is 6.88. The van der Waals surface area contributed by atoms with Crippen LogP contribution >= 0.6 is 0 Å². The molecule has 3 nitrogen and oxygen atoms in total. The van der Waals surface area contributed by atoms with Gasteiger partial charge in [0, 0.05) is 6.61 Å². The predicted octanol–water partition coefficient (Wildman–Crippen LogP) is 6.00. The summed E-state index contributed by atoms with van der Waals surface area (Å²) in [5.41, 5.74) is 0. The maximum atomic E-state index is 7.57. The highest BCUT2D eigenvalue weighted by Gasteiger charge is 2.04. The third-order valence-electron chi connectivity index (χ3n) is 4.18. The molecule has 0 unspecified atom stereocenters. The first-order chi connectivity index (χ1) is 11.0. The fraction of sp³-hybridized carbons (Fsp3) is 1.00. The maximum absolute atomic E-state index is 7.57. The summed E-state index contributed by atoms with van der Waals surface area (Å²) in [6.07, 6.45) is 20.4. The molecule has 2 N–H and O–H groups in total. The van der Waals surface area contributed by atoms with E-state index in [-0.39, 0.29) is 12.1 Å². The van der Waals surface area contributed by atoms with E-state index in [0.717, 1.165) is 4.48 Å². The maximum Gasteiger partial charge on any atom is 0.0780 e. The Hall–Kier alpha value is -0.120. The average molecular weight is 348 g/mol. The molecule has 0 aliphatic carbocycles. The Morgan fingerprint density at radius 3 is 1.04 bits per heavy atom. The highest BCUT2D eigenvalue weighted by atomic mass is 16.2. The second-order valence-electron chi connectivity index (χ2n) is 7.93. The monoisotopic (exact) mass is 347 g/mol. The quantitative estimate of drug-likeness (QED) is 0.292. The number of nitrogens with zero attached hydrogens (tertiary/aromatic N) is 1. The third kappa shape index (κ3) is 33.5. The van der Waals surface area contributed by atoms with Crippen LogP contribution in [0.15, 0.2) is 0 Å². The van der Waals surface area contributed by atoms with Crippen molar-refractivity contribution in [3.8, 4) is 0 Å². The van der Waals surface area contributed by atoms with Gasteiger partial charge in [-0.3, -0.25) is 0 Å². The smallest absolute Gasteiger partial charge is 0.0780 e. The third-order valence-corrected chi connectivity index (χ3v) is 4.18. The molecule has 0 spiro atoms. The molecule has 24 heavy (non-hydrogen) atoms. The van der Waals surface area contributed by atoms with Crippen LogP contribution in [0.2, 0.25) is 0 Å². The van der Waals surface area contributed by atoms with Crippen molar-refractivity contribution in [2.24, 2.45) is 0 Å². The fourth-order valence-corrected chi connectivity index (χ4v) is 2.78. The van der Waals surface area contributed by atoms with Crippen molar-refractivity contribution in [2.45, 2.75) is 104 Å². The summed E-state index contributed by atoms with van der Waals surface area (Å²) in [5, 5.41) is 7.57. The molecule has 0 atom stereocenters. The lowest BCUT2D eigenvalue weighted by Gasteiger charge is -2.23. The zero-order valence-corrected chi connectivity index (χ0v) is 17.7. The van der Waals surface area contributed by atoms with E-state index in [0.29, 0.717) is 0 Å². The molecular weight excluding hydrogens is 298 g/mol. The second-order valence-corrected chi connectivity index (χ2v) is 7.93. The predicted molar refractivity (Wildman–Crippen MR) is 108 cm³/mol. The van der Waals surface area contributed by atoms with Crippen LogP contribution in [0.25, 0.3) is 0 Å². The van der Waals surface area contributed by atoms with Gasteiger partial charge in [0.25, 0.3) is 0 Å². The molecule has 0 aromatic carbocycles. The standard InChI is InChI=1S/C19H42N.C2H6O.H2O/c1-5-6-7-8-9-10-11-12-13-14-15-16-17-18-19-20(2,3)4;1-2-3;/h5-19H2,1-4H3;3H,2H2,1H3;1H2/q+1;;/p-1. The molecule has 0 fully saturated rings. The van der Waals surface area contributed by atoms with Gasteiger partial charge in [0.05, 0.1) is 27.7 Å². The van der Waals surface area contributed by atoms with Gasteiger partial charge in [-0.1, -0.05) is 84.0 Å². The number of aliphatic hydroxyl groups excluding tert-OH is 1. The van der Waals surface area contributed by atoms with Gasteiger partial charge in [-0.05, 0) is 19.8 Å². The number of rotatable bonds is 15. The van der Waals surface area contributed by atoms with Gasteiger partial charge < -0.3 is 15.1 Å². The van der Waals surface area contributed by atoms with Crippen LogP contribution in [0, 0.1) is 0 Å². The summed E-state index contributed by atoms with van der Waals surface area (Å²) >= 11 is 0. The van der Waals surface area contributed by atoms with Gasteiger partial charge in [-0.2, -0.15) is 0 Å². The van der Waals surface area contributed by atoms with Crippen LogP contribution < -0.4 is 0 Å². The minimum atomic E-state index is 0. The average Bonchev–Trinajstić information content (AvgIpc) is 2.47. The van der Waals surface area contributed by atoms with E-state index in [2.05, 4.69) is 28.1 Å². The van der Waals surface area contributed by atoms with Gasteiger partial charge in [0.2, 0.25) is 0 Å². The molecule has 0 rings (SSSR count). The van der Waals surface area contributed by atoms with Gasteiger partial charge >= 0.3 is 0 Å². The lowest BCUT2D eigenvalue weighted by molar-refractivity contribution is -0.870. The number of quaternary nitrogens is 1. The molecule has 0 heterocycles. The zero-order valence-electron chi connectivity index (χ0n) is 17.7. The topological polar surface area (TPSA) is 50.2 Å². The lowest BCUT2D eigenvalue weighted by Crippen LogP contribution is -2.35. The van der Waals surface area contributed by atoms with Gasteiger partial charge in [0.1, 0.15) is 0 Å². The van der Waals surface area contributed by atoms with Crippen molar-refractivity contribution >= 4 is 0 Å². The van der Waals surface area contributed by atoms with E-state index in [4.69, 9.17) is 5.11 Å².